The Morgan fingerprint density at radius 1 is 1.25 bits per heavy atom. The van der Waals surface area contributed by atoms with Crippen LogP contribution in [0.4, 0.5) is 0 Å². The Morgan fingerprint density at radius 2 is 2.07 bits per heavy atom. The van der Waals surface area contributed by atoms with E-state index >= 15 is 0 Å². The average Bonchev–Trinajstić information content (AvgIpc) is 3.20. The molecular formula is C22H22N4O2. The van der Waals surface area contributed by atoms with Crippen LogP contribution < -0.4 is 4.74 Å². The van der Waals surface area contributed by atoms with E-state index < -0.39 is 0 Å². The highest BCUT2D eigenvalue weighted by molar-refractivity contribution is 5.97. The molecule has 2 aromatic heterocycles. The Labute approximate surface area is 163 Å². The van der Waals surface area contributed by atoms with E-state index in [0.717, 1.165) is 29.1 Å². The van der Waals surface area contributed by atoms with Gasteiger partial charge in [0.25, 0.3) is 5.91 Å². The largest absolute Gasteiger partial charge is 0.488 e. The summed E-state index contributed by atoms with van der Waals surface area (Å²) in [7, 11) is 0. The fourth-order valence-corrected chi connectivity index (χ4v) is 3.46. The second-order valence-corrected chi connectivity index (χ2v) is 6.91. The zero-order chi connectivity index (χ0) is 19.5. The van der Waals surface area contributed by atoms with Gasteiger partial charge in [0.2, 0.25) is 0 Å². The first kappa shape index (κ1) is 18.0. The average molecular weight is 374 g/mol. The highest BCUT2D eigenvalue weighted by Crippen LogP contribution is 2.34. The molecule has 1 aliphatic heterocycles. The smallest absolute Gasteiger partial charge is 0.258 e. The minimum absolute atomic E-state index is 0.0957. The van der Waals surface area contributed by atoms with Crippen LogP contribution in [0.5, 0.6) is 5.75 Å². The zero-order valence-electron chi connectivity index (χ0n) is 15.8. The molecule has 0 saturated carbocycles. The van der Waals surface area contributed by atoms with E-state index in [1.807, 2.05) is 48.2 Å². The second kappa shape index (κ2) is 7.68. The van der Waals surface area contributed by atoms with Crippen molar-refractivity contribution in [3.63, 3.8) is 0 Å². The van der Waals surface area contributed by atoms with Gasteiger partial charge in [-0.3, -0.25) is 9.78 Å². The number of benzene rings is 1. The maximum absolute atomic E-state index is 13.5. The summed E-state index contributed by atoms with van der Waals surface area (Å²) in [6.45, 7) is 6.71. The monoisotopic (exact) mass is 374 g/mol. The minimum Gasteiger partial charge on any atom is -0.488 e. The molecule has 0 unspecified atom stereocenters. The van der Waals surface area contributed by atoms with Gasteiger partial charge in [-0.15, -0.1) is 0 Å². The zero-order valence-corrected chi connectivity index (χ0v) is 15.8. The van der Waals surface area contributed by atoms with Gasteiger partial charge in [0.15, 0.2) is 0 Å². The van der Waals surface area contributed by atoms with Gasteiger partial charge in [0.1, 0.15) is 18.4 Å². The number of nitrogens with one attached hydrogen (secondary N) is 1. The number of imidazole rings is 1. The van der Waals surface area contributed by atoms with Crippen LogP contribution in [0.3, 0.4) is 0 Å². The number of ether oxygens (including phenoxy) is 1. The molecule has 1 atom stereocenters. The molecule has 0 saturated heterocycles. The van der Waals surface area contributed by atoms with Crippen molar-refractivity contribution >= 4 is 5.91 Å². The quantitative estimate of drug-likeness (QED) is 0.694. The molecule has 1 amide bonds. The lowest BCUT2D eigenvalue weighted by molar-refractivity contribution is 0.0683. The van der Waals surface area contributed by atoms with Gasteiger partial charge in [0, 0.05) is 24.9 Å². The molecule has 0 radical (unpaired) electrons. The summed E-state index contributed by atoms with van der Waals surface area (Å²) in [4.78, 5) is 27.5. The number of hydrogen-bond acceptors (Lipinski definition) is 4. The van der Waals surface area contributed by atoms with E-state index in [1.54, 1.807) is 18.6 Å². The van der Waals surface area contributed by atoms with Gasteiger partial charge in [-0.25, -0.2) is 4.98 Å². The Balaban J connectivity index is 1.72. The molecule has 3 heterocycles. The van der Waals surface area contributed by atoms with Crippen LogP contribution >= 0.6 is 0 Å². The number of carbonyl (C=O) groups excluding carboxylic acids is 1. The SMILES string of the molecule is C=C(C)COc1ccccc1C(=O)N1CCc2[nH]cnc2[C@H]1c1ccccn1. The van der Waals surface area contributed by atoms with E-state index in [1.165, 1.54) is 0 Å². The van der Waals surface area contributed by atoms with E-state index in [9.17, 15) is 4.79 Å². The molecule has 0 bridgehead atoms. The molecule has 6 nitrogen and oxygen atoms in total. The van der Waals surface area contributed by atoms with Crippen LogP contribution in [0, 0.1) is 0 Å². The predicted octanol–water partition coefficient (Wildman–Crippen LogP) is 3.55. The summed E-state index contributed by atoms with van der Waals surface area (Å²) in [5.74, 6) is 0.463. The molecular weight excluding hydrogens is 352 g/mol. The topological polar surface area (TPSA) is 71.1 Å². The summed E-state index contributed by atoms with van der Waals surface area (Å²) in [6, 6.07) is 12.7. The highest BCUT2D eigenvalue weighted by atomic mass is 16.5. The lowest BCUT2D eigenvalue weighted by Crippen LogP contribution is -2.41. The molecule has 0 aliphatic carbocycles. The molecule has 0 fully saturated rings. The lowest BCUT2D eigenvalue weighted by atomic mass is 9.98. The number of para-hydroxylation sites is 1. The molecule has 1 aliphatic rings. The maximum Gasteiger partial charge on any atom is 0.258 e. The maximum atomic E-state index is 13.5. The number of hydrogen-bond donors (Lipinski definition) is 1. The van der Waals surface area contributed by atoms with Crippen molar-refractivity contribution in [1.29, 1.82) is 0 Å². The minimum atomic E-state index is -0.335. The van der Waals surface area contributed by atoms with Crippen molar-refractivity contribution in [2.24, 2.45) is 0 Å². The number of aromatic nitrogens is 3. The lowest BCUT2D eigenvalue weighted by Gasteiger charge is -2.35. The van der Waals surface area contributed by atoms with Gasteiger partial charge in [-0.05, 0) is 36.8 Å². The van der Waals surface area contributed by atoms with Crippen molar-refractivity contribution < 1.29 is 9.53 Å². The van der Waals surface area contributed by atoms with E-state index in [0.29, 0.717) is 24.5 Å². The normalized spacial score (nSPS) is 15.8. The molecule has 1 N–H and O–H groups in total. The standard InChI is InChI=1S/C22H22N4O2/c1-15(2)13-28-19-9-4-3-7-16(19)22(27)26-12-10-17-20(25-14-24-17)21(26)18-8-5-6-11-23-18/h3-9,11,14,21H,1,10,12-13H2,2H3,(H,24,25)/t21-/m1/s1. The third-order valence-electron chi connectivity index (χ3n) is 4.75. The van der Waals surface area contributed by atoms with Gasteiger partial charge in [-0.2, -0.15) is 0 Å². The van der Waals surface area contributed by atoms with E-state index in [-0.39, 0.29) is 11.9 Å². The number of amides is 1. The fourth-order valence-electron chi connectivity index (χ4n) is 3.46. The summed E-state index contributed by atoms with van der Waals surface area (Å²) >= 11 is 0. The number of pyridine rings is 1. The van der Waals surface area contributed by atoms with Crippen LogP contribution in [0.15, 0.2) is 67.1 Å². The van der Waals surface area contributed by atoms with Gasteiger partial charge >= 0.3 is 0 Å². The summed E-state index contributed by atoms with van der Waals surface area (Å²) in [5, 5.41) is 0. The number of carbonyl (C=O) groups is 1. The first-order chi connectivity index (χ1) is 13.6. The molecule has 28 heavy (non-hydrogen) atoms. The molecule has 6 heteroatoms. The number of nitrogens with zero attached hydrogens (tertiary/aromatic N) is 3. The Morgan fingerprint density at radius 3 is 2.86 bits per heavy atom. The third kappa shape index (κ3) is 3.41. The molecule has 3 aromatic rings. The molecule has 142 valence electrons. The van der Waals surface area contributed by atoms with Gasteiger partial charge in [-0.1, -0.05) is 24.8 Å². The predicted molar refractivity (Wildman–Crippen MR) is 106 cm³/mol. The van der Waals surface area contributed by atoms with Crippen LogP contribution in [0.1, 0.15) is 40.4 Å². The Bertz CT molecular complexity index is 997. The van der Waals surface area contributed by atoms with E-state index in [2.05, 4.69) is 21.5 Å². The first-order valence-electron chi connectivity index (χ1n) is 9.25. The van der Waals surface area contributed by atoms with Crippen molar-refractivity contribution in [2.45, 2.75) is 19.4 Å². The van der Waals surface area contributed by atoms with Crippen molar-refractivity contribution in [3.8, 4) is 5.75 Å². The number of rotatable bonds is 5. The summed E-state index contributed by atoms with van der Waals surface area (Å²) in [5.41, 5.74) is 4.12. The van der Waals surface area contributed by atoms with Crippen molar-refractivity contribution in [1.82, 2.24) is 19.9 Å². The van der Waals surface area contributed by atoms with Gasteiger partial charge < -0.3 is 14.6 Å². The van der Waals surface area contributed by atoms with Crippen molar-refractivity contribution in [2.75, 3.05) is 13.2 Å². The first-order valence-corrected chi connectivity index (χ1v) is 9.25. The molecule has 4 rings (SSSR count). The number of fused-ring (bicyclic) bond motifs is 1. The molecule has 0 spiro atoms. The number of aromatic amines is 1. The molecule has 1 aromatic carbocycles. The van der Waals surface area contributed by atoms with Crippen molar-refractivity contribution in [3.05, 3.63) is 89.8 Å². The van der Waals surface area contributed by atoms with E-state index in [4.69, 9.17) is 4.74 Å². The highest BCUT2D eigenvalue weighted by Gasteiger charge is 2.36. The third-order valence-corrected chi connectivity index (χ3v) is 4.75. The second-order valence-electron chi connectivity index (χ2n) is 6.91. The number of H-pyrrole nitrogens is 1. The Hall–Kier alpha value is -3.41. The van der Waals surface area contributed by atoms with Crippen LogP contribution in [0.25, 0.3) is 0 Å². The van der Waals surface area contributed by atoms with Gasteiger partial charge in [0.05, 0.1) is 23.3 Å². The van der Waals surface area contributed by atoms with Crippen LogP contribution in [-0.4, -0.2) is 38.9 Å². The van der Waals surface area contributed by atoms with Crippen LogP contribution in [-0.2, 0) is 6.42 Å². The summed E-state index contributed by atoms with van der Waals surface area (Å²) in [6.07, 6.45) is 4.14. The fraction of sp³-hybridized carbons (Fsp3) is 0.227. The van der Waals surface area contributed by atoms with Crippen LogP contribution in [0.2, 0.25) is 0 Å². The Kier molecular flexibility index (Phi) is 4.93. The summed E-state index contributed by atoms with van der Waals surface area (Å²) < 4.78 is 5.82.